The molecule has 1 aliphatic heterocycles. The number of carbonyl (C=O) groups excluding carboxylic acids is 3. The molecule has 4 aliphatic rings. The zero-order chi connectivity index (χ0) is 28.0. The molecule has 0 bridgehead atoms. The van der Waals surface area contributed by atoms with Gasteiger partial charge in [0.25, 0.3) is 5.91 Å². The lowest BCUT2D eigenvalue weighted by atomic mass is 9.57. The van der Waals surface area contributed by atoms with E-state index in [4.69, 9.17) is 5.73 Å². The standard InChI is InChI=1S/C27H34N4O7/c1-29(2)15-6-7-31(5)20-12(15)10-16(32)18-13(20)8-11-9-14-21(30(3)4)23(34)19(26(28)37)25(36)27(14,38)24(35)17(11)22(18)33/h10-11,14-15,21,32-33,36,38H,6-9H2,1-5H3,(H2,28,37)/t11-,14-,15+,21-,27-/m0/s1. The van der Waals surface area contributed by atoms with Crippen LogP contribution < -0.4 is 10.6 Å². The van der Waals surface area contributed by atoms with Crippen LogP contribution in [0.15, 0.2) is 23.0 Å². The summed E-state index contributed by atoms with van der Waals surface area (Å²) in [5, 5.41) is 45.2. The molecule has 1 aromatic rings. The van der Waals surface area contributed by atoms with E-state index < -0.39 is 58.0 Å². The van der Waals surface area contributed by atoms with Crippen molar-refractivity contribution in [2.45, 2.75) is 36.9 Å². The van der Waals surface area contributed by atoms with Crippen LogP contribution in [0.4, 0.5) is 5.69 Å². The highest BCUT2D eigenvalue weighted by Crippen LogP contribution is 2.55. The molecule has 11 heteroatoms. The molecule has 1 aromatic carbocycles. The molecule has 0 spiro atoms. The van der Waals surface area contributed by atoms with Crippen molar-refractivity contribution >= 4 is 28.9 Å². The Balaban J connectivity index is 1.75. The number of ketones is 2. The Morgan fingerprint density at radius 2 is 1.79 bits per heavy atom. The van der Waals surface area contributed by atoms with Crippen molar-refractivity contribution in [1.82, 2.24) is 9.80 Å². The zero-order valence-corrected chi connectivity index (χ0v) is 22.1. The van der Waals surface area contributed by atoms with E-state index in [0.29, 0.717) is 5.56 Å². The molecule has 1 heterocycles. The predicted molar refractivity (Wildman–Crippen MR) is 139 cm³/mol. The van der Waals surface area contributed by atoms with E-state index >= 15 is 0 Å². The average molecular weight is 527 g/mol. The number of benzene rings is 1. The summed E-state index contributed by atoms with van der Waals surface area (Å²) >= 11 is 0. The molecular weight excluding hydrogens is 492 g/mol. The molecule has 1 fully saturated rings. The fraction of sp³-hybridized carbons (Fsp3) is 0.519. The molecule has 0 radical (unpaired) electrons. The Bertz CT molecular complexity index is 1350. The van der Waals surface area contributed by atoms with Crippen molar-refractivity contribution in [3.8, 4) is 5.75 Å². The first kappa shape index (κ1) is 26.2. The maximum atomic E-state index is 14.0. The Labute approximate surface area is 220 Å². The van der Waals surface area contributed by atoms with E-state index in [1.165, 1.54) is 4.90 Å². The number of anilines is 1. The second kappa shape index (κ2) is 8.55. The van der Waals surface area contributed by atoms with Crippen molar-refractivity contribution in [3.05, 3.63) is 39.7 Å². The van der Waals surface area contributed by atoms with Crippen LogP contribution >= 0.6 is 0 Å². The first-order valence-corrected chi connectivity index (χ1v) is 12.6. The Morgan fingerprint density at radius 3 is 2.37 bits per heavy atom. The molecule has 5 atom stereocenters. The van der Waals surface area contributed by atoms with E-state index in [9.17, 15) is 34.8 Å². The van der Waals surface area contributed by atoms with Gasteiger partial charge in [-0.2, -0.15) is 0 Å². The third-order valence-electron chi connectivity index (χ3n) is 8.82. The molecule has 6 N–H and O–H groups in total. The Kier molecular flexibility index (Phi) is 5.90. The van der Waals surface area contributed by atoms with Gasteiger partial charge in [0, 0.05) is 36.8 Å². The topological polar surface area (TPSA) is 168 Å². The molecule has 5 rings (SSSR count). The number of carbonyl (C=O) groups is 3. The molecule has 204 valence electrons. The minimum atomic E-state index is -2.64. The van der Waals surface area contributed by atoms with Crippen molar-refractivity contribution in [3.63, 3.8) is 0 Å². The maximum absolute atomic E-state index is 14.0. The number of hydrogen-bond acceptors (Lipinski definition) is 10. The van der Waals surface area contributed by atoms with Gasteiger partial charge in [0.1, 0.15) is 22.8 Å². The molecule has 1 amide bonds. The summed E-state index contributed by atoms with van der Waals surface area (Å²) in [5.41, 5.74) is 4.37. The van der Waals surface area contributed by atoms with Gasteiger partial charge in [0.15, 0.2) is 11.4 Å². The first-order valence-electron chi connectivity index (χ1n) is 12.6. The summed E-state index contributed by atoms with van der Waals surface area (Å²) < 4.78 is 0. The summed E-state index contributed by atoms with van der Waals surface area (Å²) in [6.45, 7) is 0.752. The van der Waals surface area contributed by atoms with E-state index in [2.05, 4.69) is 9.80 Å². The van der Waals surface area contributed by atoms with E-state index in [1.54, 1.807) is 20.2 Å². The predicted octanol–water partition coefficient (Wildman–Crippen LogP) is 0.407. The van der Waals surface area contributed by atoms with Gasteiger partial charge in [-0.1, -0.05) is 0 Å². The van der Waals surface area contributed by atoms with Crippen LogP contribution in [-0.4, -0.2) is 101 Å². The quantitative estimate of drug-likeness (QED) is 0.348. The van der Waals surface area contributed by atoms with Crippen molar-refractivity contribution < 1.29 is 34.8 Å². The zero-order valence-electron chi connectivity index (χ0n) is 22.1. The second-order valence-electron chi connectivity index (χ2n) is 11.3. The average Bonchev–Trinajstić information content (AvgIpc) is 2.80. The summed E-state index contributed by atoms with van der Waals surface area (Å²) in [5.74, 6) is -6.46. The van der Waals surface area contributed by atoms with Gasteiger partial charge in [-0.3, -0.25) is 19.3 Å². The molecule has 11 nitrogen and oxygen atoms in total. The van der Waals surface area contributed by atoms with Gasteiger partial charge in [0.05, 0.1) is 11.6 Å². The number of likely N-dealkylation sites (N-methyl/N-ethyl adjacent to an activating group) is 1. The van der Waals surface area contributed by atoms with Crippen LogP contribution in [0.25, 0.3) is 5.76 Å². The number of phenols is 1. The Morgan fingerprint density at radius 1 is 1.13 bits per heavy atom. The minimum Gasteiger partial charge on any atom is -0.508 e. The van der Waals surface area contributed by atoms with Gasteiger partial charge >= 0.3 is 0 Å². The second-order valence-corrected chi connectivity index (χ2v) is 11.3. The summed E-state index contributed by atoms with van der Waals surface area (Å²) in [7, 11) is 9.04. The number of aliphatic hydroxyl groups is 3. The smallest absolute Gasteiger partial charge is 0.255 e. The van der Waals surface area contributed by atoms with Crippen molar-refractivity contribution in [2.75, 3.05) is 46.7 Å². The van der Waals surface area contributed by atoms with Crippen LogP contribution in [0.3, 0.4) is 0 Å². The van der Waals surface area contributed by atoms with E-state index in [1.807, 2.05) is 21.1 Å². The molecule has 0 saturated heterocycles. The third-order valence-corrected chi connectivity index (χ3v) is 8.82. The number of aliphatic hydroxyl groups excluding tert-OH is 2. The lowest BCUT2D eigenvalue weighted by molar-refractivity contribution is -0.153. The highest BCUT2D eigenvalue weighted by atomic mass is 16.3. The summed E-state index contributed by atoms with van der Waals surface area (Å²) in [6, 6.07) is 0.554. The van der Waals surface area contributed by atoms with Crippen molar-refractivity contribution in [2.24, 2.45) is 17.6 Å². The number of primary amides is 1. The number of nitrogens with two attached hydrogens (primary N) is 1. The van der Waals surface area contributed by atoms with Crippen LogP contribution in [0.5, 0.6) is 5.75 Å². The third kappa shape index (κ3) is 3.28. The van der Waals surface area contributed by atoms with Gasteiger partial charge in [-0.15, -0.1) is 0 Å². The number of hydrogen-bond donors (Lipinski definition) is 5. The summed E-state index contributed by atoms with van der Waals surface area (Å²) in [4.78, 5) is 44.9. The first-order chi connectivity index (χ1) is 17.7. The van der Waals surface area contributed by atoms with Gasteiger partial charge < -0.3 is 36.0 Å². The number of amides is 1. The fourth-order valence-corrected chi connectivity index (χ4v) is 7.15. The van der Waals surface area contributed by atoms with Gasteiger partial charge in [-0.25, -0.2) is 0 Å². The van der Waals surface area contributed by atoms with Crippen LogP contribution in [0.2, 0.25) is 0 Å². The summed E-state index contributed by atoms with van der Waals surface area (Å²) in [6.07, 6.45) is 1.19. The van der Waals surface area contributed by atoms with Crippen LogP contribution in [-0.2, 0) is 20.8 Å². The number of Topliss-reactive ketones (excluding diaryl/α,β-unsaturated/α-hetero) is 2. The van der Waals surface area contributed by atoms with Crippen molar-refractivity contribution in [1.29, 1.82) is 0 Å². The van der Waals surface area contributed by atoms with Gasteiger partial charge in [-0.05, 0) is 70.6 Å². The van der Waals surface area contributed by atoms with Crippen LogP contribution in [0, 0.1) is 11.8 Å². The molecule has 1 saturated carbocycles. The highest BCUT2D eigenvalue weighted by molar-refractivity contribution is 6.24. The normalized spacial score (nSPS) is 30.9. The number of nitrogens with zero attached hydrogens (tertiary/aromatic N) is 3. The van der Waals surface area contributed by atoms with E-state index in [0.717, 1.165) is 24.2 Å². The molecule has 0 unspecified atom stereocenters. The number of phenolic OH excluding ortho intramolecular Hbond substituents is 1. The number of rotatable bonds is 3. The lowest BCUT2D eigenvalue weighted by Crippen LogP contribution is -2.65. The molecule has 0 aromatic heterocycles. The molecule has 3 aliphatic carbocycles. The monoisotopic (exact) mass is 526 g/mol. The molecular formula is C27H34N4O7. The van der Waals surface area contributed by atoms with Crippen LogP contribution in [0.1, 0.15) is 35.6 Å². The largest absolute Gasteiger partial charge is 0.508 e. The molecule has 38 heavy (non-hydrogen) atoms. The van der Waals surface area contributed by atoms with E-state index in [-0.39, 0.29) is 35.8 Å². The number of fused-ring (bicyclic) bond motifs is 5. The maximum Gasteiger partial charge on any atom is 0.255 e. The number of aromatic hydroxyl groups is 1. The highest BCUT2D eigenvalue weighted by Gasteiger charge is 2.64. The SMILES string of the molecule is CN1CC[C@@H](N(C)C)c2cc(O)c3c(c21)C[C@H]1C[C@H]2[C@H](N(C)C)C(=O)C(C(N)=O)=C(O)[C@@]2(O)C(=O)C1=C3O. The Hall–Kier alpha value is -3.41. The fourth-order valence-electron chi connectivity index (χ4n) is 7.15. The minimum absolute atomic E-state index is 0.0476. The lowest BCUT2D eigenvalue weighted by Gasteiger charge is -2.50. The van der Waals surface area contributed by atoms with Gasteiger partial charge in [0.2, 0.25) is 5.78 Å².